The first-order valence-electron chi connectivity index (χ1n) is 11.9. The van der Waals surface area contributed by atoms with Crippen LogP contribution >= 0.6 is 11.8 Å². The maximum Gasteiger partial charge on any atom is 0.240 e. The van der Waals surface area contributed by atoms with E-state index in [4.69, 9.17) is 36.7 Å². The third-order valence-electron chi connectivity index (χ3n) is 6.43. The van der Waals surface area contributed by atoms with Gasteiger partial charge in [0, 0.05) is 0 Å². The molecule has 0 aliphatic carbocycles. The van der Waals surface area contributed by atoms with Gasteiger partial charge in [-0.05, 0) is 55.4 Å². The summed E-state index contributed by atoms with van der Waals surface area (Å²) >= 11 is 1.59. The van der Waals surface area contributed by atoms with Crippen molar-refractivity contribution < 1.29 is 36.5 Å². The largest absolute Gasteiger partial charge is 0.385 e. The number of amides is 4. The fourth-order valence-corrected chi connectivity index (χ4v) is 7.21. The van der Waals surface area contributed by atoms with E-state index in [1.54, 1.807) is 39.5 Å². The molecular weight excluding hydrogens is 564 g/mol. The van der Waals surface area contributed by atoms with Crippen LogP contribution in [0.5, 0.6) is 0 Å². The van der Waals surface area contributed by atoms with Gasteiger partial charge in [0.15, 0.2) is 9.84 Å². The van der Waals surface area contributed by atoms with Gasteiger partial charge in [-0.15, -0.1) is 11.8 Å². The molecule has 4 rings (SSSR count). The number of sulfone groups is 1. The van der Waals surface area contributed by atoms with Crippen LogP contribution in [0.4, 0.5) is 0 Å². The lowest BCUT2D eigenvalue weighted by molar-refractivity contribution is -0.126. The fourth-order valence-electron chi connectivity index (χ4n) is 3.50. The molecule has 39 heavy (non-hydrogen) atoms. The Bertz CT molecular complexity index is 1040. The Morgan fingerprint density at radius 1 is 0.744 bits per heavy atom. The molecule has 0 aromatic rings. The first-order valence-corrected chi connectivity index (χ1v) is 15.8. The topological polar surface area (TPSA) is 142 Å². The Labute approximate surface area is 242 Å². The van der Waals surface area contributed by atoms with E-state index in [2.05, 4.69) is 0 Å². The predicted molar refractivity (Wildman–Crippen MR) is 152 cm³/mol. The van der Waals surface area contributed by atoms with Crippen molar-refractivity contribution in [3.05, 3.63) is 0 Å². The molecule has 0 N–H and O–H groups in total. The Morgan fingerprint density at radius 2 is 1.26 bits per heavy atom. The summed E-state index contributed by atoms with van der Waals surface area (Å²) in [7, 11) is 16.7. The number of hydrogen-bond donors (Lipinski definition) is 0. The quantitative estimate of drug-likeness (QED) is 0.306. The molecule has 12 nitrogen and oxygen atoms in total. The number of ether oxygens (including phenoxy) is 1. The predicted octanol–water partition coefficient (Wildman–Crippen LogP) is -1.50. The Balaban J connectivity index is 0.000000261. The van der Waals surface area contributed by atoms with Crippen LogP contribution in [0, 0.1) is 0 Å². The normalized spacial score (nSPS) is 37.2. The van der Waals surface area contributed by atoms with E-state index in [1.807, 2.05) is 13.8 Å². The van der Waals surface area contributed by atoms with Crippen LogP contribution in [-0.2, 0) is 44.6 Å². The van der Waals surface area contributed by atoms with Crippen molar-refractivity contribution >= 4 is 88.0 Å². The standard InChI is InChI=1S/C5H8BNO3S.C5H8BNO2S.C5H8BNO2.C5H8BNOS/c1-3-5(8)7(6)4(2)11(3,9)10;1-3-5(8)7(6)4(2)10(3)9;2*1-3-5(8)7(6)4(2)9-3/h3-4H,1-2H3;3-4H,1-2H3;2*3-4H,1-2H3. The van der Waals surface area contributed by atoms with E-state index in [0.29, 0.717) is 0 Å². The second-order valence-corrected chi connectivity index (χ2v) is 15.4. The molecule has 0 saturated carbocycles. The highest BCUT2D eigenvalue weighted by atomic mass is 32.2. The highest BCUT2D eigenvalue weighted by Crippen LogP contribution is 2.28. The van der Waals surface area contributed by atoms with Gasteiger partial charge in [-0.25, -0.2) is 8.42 Å². The number of nitrogens with zero attached hydrogens (tertiary/aromatic N) is 4. The maximum atomic E-state index is 11.2. The van der Waals surface area contributed by atoms with Gasteiger partial charge in [0.05, 0.1) is 26.8 Å². The van der Waals surface area contributed by atoms with Crippen LogP contribution in [0.1, 0.15) is 55.4 Å². The minimum Gasteiger partial charge on any atom is -0.385 e. The van der Waals surface area contributed by atoms with Crippen LogP contribution in [0.2, 0.25) is 0 Å². The third kappa shape index (κ3) is 7.85. The molecule has 0 aromatic carbocycles. The van der Waals surface area contributed by atoms with Crippen molar-refractivity contribution in [3.8, 4) is 0 Å². The summed E-state index contributed by atoms with van der Waals surface area (Å²) in [5, 5.41) is -2.44. The monoisotopic (exact) mass is 596 g/mol. The van der Waals surface area contributed by atoms with Crippen molar-refractivity contribution in [2.45, 2.75) is 99.6 Å². The number of rotatable bonds is 0. The number of hydrogen-bond acceptors (Lipinski definition) is 9. The first kappa shape index (κ1) is 35.6. The van der Waals surface area contributed by atoms with E-state index >= 15 is 0 Å². The Hall–Kier alpha value is -1.45. The number of carbonyl (C=O) groups is 4. The molecule has 0 aromatic heterocycles. The summed E-state index contributed by atoms with van der Waals surface area (Å²) in [5.41, 5.74) is 0. The summed E-state index contributed by atoms with van der Waals surface area (Å²) in [5.74, 6) is -0.877. The molecule has 4 aliphatic rings. The lowest BCUT2D eigenvalue weighted by Gasteiger charge is -2.12. The zero-order valence-electron chi connectivity index (χ0n) is 23.2. The summed E-state index contributed by atoms with van der Waals surface area (Å²) < 4.78 is 38.5. The van der Waals surface area contributed by atoms with Crippen molar-refractivity contribution in [1.29, 1.82) is 0 Å². The molecule has 8 radical (unpaired) electrons. The van der Waals surface area contributed by atoms with Crippen LogP contribution in [0.15, 0.2) is 0 Å². The van der Waals surface area contributed by atoms with Gasteiger partial charge in [-0.1, -0.05) is 0 Å². The smallest absolute Gasteiger partial charge is 0.240 e. The van der Waals surface area contributed by atoms with E-state index < -0.39 is 42.4 Å². The molecule has 0 spiro atoms. The minimum absolute atomic E-state index is 0.0347. The number of thioether (sulfide) groups is 1. The van der Waals surface area contributed by atoms with Crippen molar-refractivity contribution in [3.63, 3.8) is 0 Å². The second-order valence-electron chi connectivity index (χ2n) is 9.14. The highest BCUT2D eigenvalue weighted by Gasteiger charge is 2.45. The van der Waals surface area contributed by atoms with Crippen LogP contribution in [0.25, 0.3) is 0 Å². The molecule has 9 atom stereocenters. The summed E-state index contributed by atoms with van der Waals surface area (Å²) in [6.07, 6.45) is -0.641. The van der Waals surface area contributed by atoms with Gasteiger partial charge >= 0.3 is 0 Å². The van der Waals surface area contributed by atoms with Crippen molar-refractivity contribution in [2.75, 3.05) is 0 Å². The average Bonchev–Trinajstić information content (AvgIpc) is 3.37. The van der Waals surface area contributed by atoms with Gasteiger partial charge in [-0.2, -0.15) is 0 Å². The molecule has 4 aliphatic heterocycles. The molecule has 4 heterocycles. The SMILES string of the molecule is [B]N1C(=O)C(C)OC1C.[B]N1C(=O)C(C)S(=O)(=O)C1C.[B]N1C(=O)C(C)S(=O)C1C.[B]N1C(=O)C(C)SC1C. The second kappa shape index (κ2) is 13.9. The molecule has 4 saturated heterocycles. The van der Waals surface area contributed by atoms with Gasteiger partial charge in [-0.3, -0.25) is 23.4 Å². The molecule has 4 fully saturated rings. The van der Waals surface area contributed by atoms with Gasteiger partial charge in [0.1, 0.15) is 28.2 Å². The maximum absolute atomic E-state index is 11.2. The zero-order chi connectivity index (χ0) is 30.7. The first-order chi connectivity index (χ1) is 17.7. The van der Waals surface area contributed by atoms with Crippen LogP contribution < -0.4 is 0 Å². The van der Waals surface area contributed by atoms with E-state index in [0.717, 1.165) is 14.4 Å². The van der Waals surface area contributed by atoms with Gasteiger partial charge in [0.2, 0.25) is 55.6 Å². The van der Waals surface area contributed by atoms with Crippen molar-refractivity contribution in [2.24, 2.45) is 0 Å². The van der Waals surface area contributed by atoms with Gasteiger partial charge < -0.3 is 24.0 Å². The van der Waals surface area contributed by atoms with Crippen LogP contribution in [-0.4, -0.2) is 132 Å². The Kier molecular flexibility index (Phi) is 12.7. The van der Waals surface area contributed by atoms with Crippen molar-refractivity contribution in [1.82, 2.24) is 19.2 Å². The Morgan fingerprint density at radius 3 is 1.36 bits per heavy atom. The van der Waals surface area contributed by atoms with Gasteiger partial charge in [0.25, 0.3) is 0 Å². The molecule has 4 amide bonds. The average molecular weight is 596 g/mol. The summed E-state index contributed by atoms with van der Waals surface area (Å²) in [4.78, 5) is 47.8. The molecular formula is C20H32B4N4O8S3. The number of carbonyl (C=O) groups excluding carboxylic acids is 4. The van der Waals surface area contributed by atoms with E-state index in [-0.39, 0.29) is 46.1 Å². The zero-order valence-corrected chi connectivity index (χ0v) is 25.7. The molecule has 0 bridgehead atoms. The lowest BCUT2D eigenvalue weighted by atomic mass is 10.2. The highest BCUT2D eigenvalue weighted by molar-refractivity contribution is 8.01. The van der Waals surface area contributed by atoms with E-state index in [1.165, 1.54) is 18.7 Å². The summed E-state index contributed by atoms with van der Waals surface area (Å²) in [6, 6.07) is 0. The fraction of sp³-hybridized carbons (Fsp3) is 0.800. The van der Waals surface area contributed by atoms with E-state index in [9.17, 15) is 31.8 Å². The van der Waals surface area contributed by atoms with Crippen LogP contribution in [0.3, 0.4) is 0 Å². The molecule has 210 valence electrons. The third-order valence-corrected chi connectivity index (χ3v) is 11.8. The summed E-state index contributed by atoms with van der Waals surface area (Å²) in [6.45, 7) is 13.3. The molecule has 9 unspecified atom stereocenters. The lowest BCUT2D eigenvalue weighted by Crippen LogP contribution is -2.30. The minimum atomic E-state index is -3.35. The molecule has 19 heteroatoms.